The number of pyridine rings is 1. The molecule has 0 unspecified atom stereocenters. The smallest absolute Gasteiger partial charge is 0.143 e. The second-order valence-electron chi connectivity index (χ2n) is 13.6. The number of benzene rings is 7. The minimum Gasteiger partial charge on any atom is -0.455 e. The van der Waals surface area contributed by atoms with Crippen molar-refractivity contribution in [1.29, 1.82) is 0 Å². The average molecular weight is 694 g/mol. The summed E-state index contributed by atoms with van der Waals surface area (Å²) in [5.41, 5.74) is 14.0. The van der Waals surface area contributed by atoms with E-state index in [9.17, 15) is 0 Å². The molecule has 0 radical (unpaired) electrons. The van der Waals surface area contributed by atoms with Gasteiger partial charge in [-0.2, -0.15) is 0 Å². The maximum absolute atomic E-state index is 6.39. The quantitative estimate of drug-likeness (QED) is 0.174. The lowest BCUT2D eigenvalue weighted by Gasteiger charge is -2.26. The first kappa shape index (κ1) is 30.3. The van der Waals surface area contributed by atoms with Gasteiger partial charge in [0.15, 0.2) is 0 Å². The molecule has 4 aromatic heterocycles. The lowest BCUT2D eigenvalue weighted by Crippen LogP contribution is -2.09. The van der Waals surface area contributed by atoms with Crippen LogP contribution in [0, 0.1) is 0 Å². The molecule has 0 saturated carbocycles. The molecule has 0 fully saturated rings. The molecular weight excluding hydrogens is 663 g/mol. The van der Waals surface area contributed by atoms with Crippen LogP contribution in [-0.4, -0.2) is 9.38 Å². The lowest BCUT2D eigenvalue weighted by molar-refractivity contribution is 0.669. The third kappa shape index (κ3) is 4.90. The van der Waals surface area contributed by atoms with Gasteiger partial charge in [0, 0.05) is 67.7 Å². The molecule has 7 aromatic carbocycles. The highest BCUT2D eigenvalue weighted by atomic mass is 16.3. The van der Waals surface area contributed by atoms with E-state index in [4.69, 9.17) is 13.8 Å². The van der Waals surface area contributed by atoms with Crippen LogP contribution in [-0.2, 0) is 0 Å². The van der Waals surface area contributed by atoms with Gasteiger partial charge in [-0.05, 0) is 71.8 Å². The fourth-order valence-electron chi connectivity index (χ4n) is 7.83. The van der Waals surface area contributed by atoms with Crippen LogP contribution in [0.15, 0.2) is 197 Å². The number of hydrogen-bond acceptors (Lipinski definition) is 4. The maximum atomic E-state index is 6.39. The zero-order valence-electron chi connectivity index (χ0n) is 29.1. The van der Waals surface area contributed by atoms with Crippen molar-refractivity contribution in [1.82, 2.24) is 9.38 Å². The summed E-state index contributed by atoms with van der Waals surface area (Å²) < 4.78 is 14.8. The number of imidazole rings is 1. The van der Waals surface area contributed by atoms with E-state index in [0.717, 1.165) is 100 Å². The van der Waals surface area contributed by atoms with Crippen molar-refractivity contribution in [3.8, 4) is 33.5 Å². The standard InChI is InChI=1S/C49H31N3O2/c1-3-15-45-40(9-1)42-13-7-11-38(48(42)53-45)32-18-24-35(25-19-32)52(37-28-22-34(23-29-37)44-31-51-30-6-5-17-47(51)50-44)36-26-20-33(21-27-36)39-12-8-14-43-41-10-2-4-16-46(41)54-49(39)43/h1-31H. The normalized spacial score (nSPS) is 11.7. The van der Waals surface area contributed by atoms with Gasteiger partial charge in [0.25, 0.3) is 0 Å². The fraction of sp³-hybridized carbons (Fsp3) is 0. The number of rotatable bonds is 6. The molecule has 54 heavy (non-hydrogen) atoms. The largest absolute Gasteiger partial charge is 0.455 e. The van der Waals surface area contributed by atoms with Gasteiger partial charge in [-0.25, -0.2) is 4.98 Å². The highest BCUT2D eigenvalue weighted by Crippen LogP contribution is 2.41. The molecule has 0 spiro atoms. The molecule has 0 atom stereocenters. The molecule has 5 nitrogen and oxygen atoms in total. The van der Waals surface area contributed by atoms with Crippen molar-refractivity contribution < 1.29 is 8.83 Å². The molecule has 254 valence electrons. The number of para-hydroxylation sites is 4. The van der Waals surface area contributed by atoms with Gasteiger partial charge in [-0.15, -0.1) is 0 Å². The van der Waals surface area contributed by atoms with E-state index in [0.29, 0.717) is 0 Å². The Hall–Kier alpha value is -7.37. The summed E-state index contributed by atoms with van der Waals surface area (Å²) in [7, 11) is 0. The predicted molar refractivity (Wildman–Crippen MR) is 221 cm³/mol. The number of fused-ring (bicyclic) bond motifs is 7. The third-order valence-electron chi connectivity index (χ3n) is 10.5. The number of hydrogen-bond donors (Lipinski definition) is 0. The van der Waals surface area contributed by atoms with Crippen LogP contribution in [0.4, 0.5) is 17.1 Å². The van der Waals surface area contributed by atoms with Crippen molar-refractivity contribution >= 4 is 66.6 Å². The van der Waals surface area contributed by atoms with Crippen LogP contribution in [0.3, 0.4) is 0 Å². The molecular formula is C49H31N3O2. The number of nitrogens with zero attached hydrogens (tertiary/aromatic N) is 3. The summed E-state index contributed by atoms with van der Waals surface area (Å²) in [6.45, 7) is 0. The first-order chi connectivity index (χ1) is 26.7. The van der Waals surface area contributed by atoms with Crippen LogP contribution in [0.2, 0.25) is 0 Å². The fourth-order valence-corrected chi connectivity index (χ4v) is 7.83. The summed E-state index contributed by atoms with van der Waals surface area (Å²) in [4.78, 5) is 7.15. The summed E-state index contributed by atoms with van der Waals surface area (Å²) in [6, 6.07) is 61.4. The molecule has 5 heteroatoms. The van der Waals surface area contributed by atoms with Gasteiger partial charge in [0.1, 0.15) is 28.0 Å². The van der Waals surface area contributed by atoms with Gasteiger partial charge in [0.05, 0.1) is 5.69 Å². The minimum absolute atomic E-state index is 0.898. The number of aromatic nitrogens is 2. The summed E-state index contributed by atoms with van der Waals surface area (Å²) >= 11 is 0. The van der Waals surface area contributed by atoms with Crippen LogP contribution >= 0.6 is 0 Å². The van der Waals surface area contributed by atoms with E-state index in [-0.39, 0.29) is 0 Å². The zero-order valence-corrected chi connectivity index (χ0v) is 29.1. The van der Waals surface area contributed by atoms with Crippen molar-refractivity contribution in [2.75, 3.05) is 4.90 Å². The van der Waals surface area contributed by atoms with Gasteiger partial charge in [0.2, 0.25) is 0 Å². The van der Waals surface area contributed by atoms with Gasteiger partial charge < -0.3 is 18.1 Å². The lowest BCUT2D eigenvalue weighted by atomic mass is 10.0. The second-order valence-corrected chi connectivity index (χ2v) is 13.6. The van der Waals surface area contributed by atoms with Gasteiger partial charge in [-0.1, -0.05) is 115 Å². The number of furan rings is 2. The SMILES string of the molecule is c1ccc2c(c1)oc1c(-c3ccc(N(c4ccc(-c5cn6ccccc6n5)cc4)c4ccc(-c5cccc6c5oc5ccccc56)cc4)cc3)cccc12. The van der Waals surface area contributed by atoms with E-state index in [1.54, 1.807) is 0 Å². The molecule has 11 aromatic rings. The minimum atomic E-state index is 0.898. The monoisotopic (exact) mass is 693 g/mol. The molecule has 11 rings (SSSR count). The van der Waals surface area contributed by atoms with Crippen molar-refractivity contribution in [3.05, 3.63) is 188 Å². The van der Waals surface area contributed by atoms with Gasteiger partial charge in [-0.3, -0.25) is 0 Å². The average Bonchev–Trinajstić information content (AvgIpc) is 3.95. The molecule has 0 amide bonds. The van der Waals surface area contributed by atoms with E-state index < -0.39 is 0 Å². The predicted octanol–water partition coefficient (Wildman–Crippen LogP) is 13.6. The Morgan fingerprint density at radius 3 is 1.39 bits per heavy atom. The summed E-state index contributed by atoms with van der Waals surface area (Å²) in [5.74, 6) is 0. The molecule has 0 N–H and O–H groups in total. The summed E-state index contributed by atoms with van der Waals surface area (Å²) in [6.07, 6.45) is 4.10. The van der Waals surface area contributed by atoms with E-state index in [2.05, 4.69) is 149 Å². The van der Waals surface area contributed by atoms with Crippen LogP contribution < -0.4 is 4.90 Å². The van der Waals surface area contributed by atoms with Crippen LogP contribution in [0.25, 0.3) is 83.0 Å². The Labute approximate surface area is 310 Å². The third-order valence-corrected chi connectivity index (χ3v) is 10.5. The molecule has 0 aliphatic heterocycles. The first-order valence-corrected chi connectivity index (χ1v) is 18.1. The Morgan fingerprint density at radius 1 is 0.407 bits per heavy atom. The van der Waals surface area contributed by atoms with Crippen molar-refractivity contribution in [3.63, 3.8) is 0 Å². The maximum Gasteiger partial charge on any atom is 0.143 e. The van der Waals surface area contributed by atoms with Gasteiger partial charge >= 0.3 is 0 Å². The Kier molecular flexibility index (Phi) is 6.79. The van der Waals surface area contributed by atoms with Crippen LogP contribution in [0.5, 0.6) is 0 Å². The first-order valence-electron chi connectivity index (χ1n) is 18.1. The van der Waals surface area contributed by atoms with Crippen LogP contribution in [0.1, 0.15) is 0 Å². The summed E-state index contributed by atoms with van der Waals surface area (Å²) in [5, 5.41) is 4.50. The highest BCUT2D eigenvalue weighted by Gasteiger charge is 2.17. The Balaban J connectivity index is 0.998. The zero-order chi connectivity index (χ0) is 35.6. The molecule has 0 aliphatic rings. The van der Waals surface area contributed by atoms with Crippen molar-refractivity contribution in [2.45, 2.75) is 0 Å². The highest BCUT2D eigenvalue weighted by molar-refractivity contribution is 6.10. The molecule has 4 heterocycles. The molecule has 0 bridgehead atoms. The molecule has 0 saturated heterocycles. The molecule has 0 aliphatic carbocycles. The topological polar surface area (TPSA) is 46.8 Å². The number of anilines is 3. The van der Waals surface area contributed by atoms with E-state index in [1.807, 2.05) is 48.7 Å². The Morgan fingerprint density at radius 2 is 0.870 bits per heavy atom. The van der Waals surface area contributed by atoms with E-state index in [1.165, 1.54) is 0 Å². The van der Waals surface area contributed by atoms with Crippen molar-refractivity contribution in [2.24, 2.45) is 0 Å². The second kappa shape index (κ2) is 12.1. The Bertz CT molecular complexity index is 2960. The van der Waals surface area contributed by atoms with E-state index >= 15 is 0 Å².